The van der Waals surface area contributed by atoms with E-state index in [0.29, 0.717) is 32.1 Å². The summed E-state index contributed by atoms with van der Waals surface area (Å²) < 4.78 is 68.6. The Morgan fingerprint density at radius 2 is 0.509 bits per heavy atom. The first-order valence-electron chi connectivity index (χ1n) is 41.0. The highest BCUT2D eigenvalue weighted by atomic mass is 31.2. The molecule has 0 aliphatic rings. The van der Waals surface area contributed by atoms with Crippen molar-refractivity contribution in [2.24, 2.45) is 0 Å². The highest BCUT2D eigenvalue weighted by molar-refractivity contribution is 7.47. The second kappa shape index (κ2) is 79.3. The van der Waals surface area contributed by atoms with Crippen molar-refractivity contribution in [3.8, 4) is 0 Å². The fourth-order valence-electron chi connectivity index (χ4n) is 10.1. The summed E-state index contributed by atoms with van der Waals surface area (Å²) in [6.45, 7) is 4.41. The molecule has 19 heteroatoms. The van der Waals surface area contributed by atoms with E-state index in [4.69, 9.17) is 37.0 Å². The van der Waals surface area contributed by atoms with Gasteiger partial charge >= 0.3 is 39.5 Å². The minimum atomic E-state index is -5.01. The van der Waals surface area contributed by atoms with E-state index in [2.05, 4.69) is 198 Å². The zero-order valence-electron chi connectivity index (χ0n) is 66.9. The predicted molar refractivity (Wildman–Crippen MR) is 445 cm³/mol. The molecule has 0 heterocycles. The first-order chi connectivity index (χ1) is 52.7. The molecule has 5 unspecified atom stereocenters. The van der Waals surface area contributed by atoms with Crippen molar-refractivity contribution in [2.75, 3.05) is 39.6 Å². The predicted octanol–water partition coefficient (Wildman–Crippen LogP) is 24.3. The van der Waals surface area contributed by atoms with Crippen LogP contribution < -0.4 is 0 Å². The monoisotopic (exact) mass is 1550 g/mol. The molecule has 0 rings (SSSR count). The Labute approximate surface area is 654 Å². The molecule has 0 aromatic heterocycles. The number of phosphoric ester groups is 2. The summed E-state index contributed by atoms with van der Waals surface area (Å²) in [6.07, 6.45) is 95.8. The van der Waals surface area contributed by atoms with Gasteiger partial charge in [0.1, 0.15) is 19.3 Å². The Hall–Kier alpha value is -5.84. The second-order valence-electron chi connectivity index (χ2n) is 26.6. The number of carbonyl (C=O) groups excluding carboxylic acids is 4. The Balaban J connectivity index is 5.48. The normalized spacial score (nSPS) is 14.8. The minimum Gasteiger partial charge on any atom is -0.462 e. The minimum absolute atomic E-state index is 0.0590. The lowest BCUT2D eigenvalue weighted by molar-refractivity contribution is -0.161. The van der Waals surface area contributed by atoms with Gasteiger partial charge in [0.25, 0.3) is 0 Å². The van der Waals surface area contributed by atoms with Crippen molar-refractivity contribution in [1.82, 2.24) is 0 Å². The van der Waals surface area contributed by atoms with Crippen LogP contribution >= 0.6 is 15.6 Å². The van der Waals surface area contributed by atoms with Gasteiger partial charge in [-0.1, -0.05) is 281 Å². The van der Waals surface area contributed by atoms with Crippen LogP contribution in [0.1, 0.15) is 297 Å². The van der Waals surface area contributed by atoms with Crippen molar-refractivity contribution in [3.05, 3.63) is 182 Å². The molecular weight excluding hydrogens is 1400 g/mol. The van der Waals surface area contributed by atoms with E-state index < -0.39 is 97.5 Å². The van der Waals surface area contributed by atoms with E-state index in [1.54, 1.807) is 0 Å². The second-order valence-corrected chi connectivity index (χ2v) is 29.5. The first kappa shape index (κ1) is 102. The quantitative estimate of drug-likeness (QED) is 0.0169. The summed E-state index contributed by atoms with van der Waals surface area (Å²) in [6, 6.07) is 0. The average Bonchev–Trinajstić information content (AvgIpc) is 0.892. The number of unbranched alkanes of at least 4 members (excludes halogenated alkanes) is 19. The van der Waals surface area contributed by atoms with Gasteiger partial charge in [-0.15, -0.1) is 0 Å². The van der Waals surface area contributed by atoms with Crippen molar-refractivity contribution in [2.45, 2.75) is 316 Å². The van der Waals surface area contributed by atoms with Crippen molar-refractivity contribution < 1.29 is 80.2 Å². The van der Waals surface area contributed by atoms with E-state index in [0.717, 1.165) is 193 Å². The summed E-state index contributed by atoms with van der Waals surface area (Å²) in [4.78, 5) is 73.1. The van der Waals surface area contributed by atoms with E-state index >= 15 is 0 Å². The standard InChI is InChI=1S/C89H144O17P2/c1-5-9-13-17-21-25-29-33-36-39-41-44-47-51-54-58-62-66-70-74-87(92)100-80-85(106-89(94)76-72-68-64-60-56-52-48-45-42-40-37-34-30-26-22-18-14-10-6-2)82-104-108(97,98)102-78-83(90)77-101-107(95,96)103-81-84(105-88(93)75-71-67-63-59-55-49-32-28-24-20-16-12-8-4)79-99-86(91)73-69-65-61-57-53-50-46-43-38-35-31-27-23-19-15-11-7-3/h9,11,13,15-16,20-23,25-28,32-38,41-42,44-46,50-51,54,57,61,83-85,90H,5-8,10,12,14,17-19,24,29-31,39-40,43,47-49,52-53,55-56,58-60,62-82H2,1-4H3,(H,95,96)(H,97,98)/b13-9-,15-11-,20-16-,25-21-,26-22-,27-23-,32-28-,36-33-,37-34-,38-35-,44-41-,45-42-,50-46-,54-51-,61-57-. The molecule has 3 N–H and O–H groups in total. The molecule has 17 nitrogen and oxygen atoms in total. The lowest BCUT2D eigenvalue weighted by Gasteiger charge is -2.21. The summed E-state index contributed by atoms with van der Waals surface area (Å²) in [5.74, 6) is -2.32. The number of carbonyl (C=O) groups is 4. The van der Waals surface area contributed by atoms with Crippen LogP contribution in [0.4, 0.5) is 0 Å². The van der Waals surface area contributed by atoms with Crippen LogP contribution in [0.15, 0.2) is 182 Å². The largest absolute Gasteiger partial charge is 0.472 e. The maximum absolute atomic E-state index is 13.1. The van der Waals surface area contributed by atoms with Gasteiger partial charge < -0.3 is 33.8 Å². The Kier molecular flexibility index (Phi) is 75.0. The third kappa shape index (κ3) is 78.3. The van der Waals surface area contributed by atoms with Gasteiger partial charge in [-0.2, -0.15) is 0 Å². The molecule has 0 aliphatic carbocycles. The fourth-order valence-corrected chi connectivity index (χ4v) is 11.7. The van der Waals surface area contributed by atoms with Gasteiger partial charge in [0.2, 0.25) is 0 Å². The van der Waals surface area contributed by atoms with E-state index in [1.807, 2.05) is 12.2 Å². The molecule has 0 spiro atoms. The first-order valence-corrected chi connectivity index (χ1v) is 44.0. The Bertz CT molecular complexity index is 2760. The zero-order valence-corrected chi connectivity index (χ0v) is 68.7. The van der Waals surface area contributed by atoms with Gasteiger partial charge in [-0.25, -0.2) is 9.13 Å². The number of rotatable bonds is 75. The van der Waals surface area contributed by atoms with Crippen LogP contribution in [-0.2, 0) is 65.4 Å². The molecule has 612 valence electrons. The summed E-state index contributed by atoms with van der Waals surface area (Å²) >= 11 is 0. The van der Waals surface area contributed by atoms with Crippen LogP contribution in [0, 0.1) is 0 Å². The van der Waals surface area contributed by atoms with E-state index in [1.165, 1.54) is 19.3 Å². The molecule has 0 radical (unpaired) electrons. The zero-order chi connectivity index (χ0) is 78.9. The molecule has 0 fully saturated rings. The third-order valence-corrected chi connectivity index (χ3v) is 18.2. The summed E-state index contributed by atoms with van der Waals surface area (Å²) in [5, 5.41) is 10.7. The fraction of sp³-hybridized carbons (Fsp3) is 0.618. The van der Waals surface area contributed by atoms with Crippen LogP contribution in [0.3, 0.4) is 0 Å². The highest BCUT2D eigenvalue weighted by Gasteiger charge is 2.30. The van der Waals surface area contributed by atoms with Gasteiger partial charge in [0.05, 0.1) is 26.4 Å². The van der Waals surface area contributed by atoms with E-state index in [9.17, 15) is 43.2 Å². The lowest BCUT2D eigenvalue weighted by atomic mass is 10.1. The molecular formula is C89H144O17P2. The molecule has 0 aliphatic heterocycles. The molecule has 0 saturated carbocycles. The number of esters is 4. The molecule has 0 aromatic carbocycles. The Morgan fingerprint density at radius 1 is 0.269 bits per heavy atom. The lowest BCUT2D eigenvalue weighted by Crippen LogP contribution is -2.30. The van der Waals surface area contributed by atoms with Gasteiger partial charge in [-0.3, -0.25) is 37.3 Å². The molecule has 5 atom stereocenters. The third-order valence-electron chi connectivity index (χ3n) is 16.3. The summed E-state index contributed by atoms with van der Waals surface area (Å²) in [7, 11) is -10.0. The number of ether oxygens (including phenoxy) is 4. The van der Waals surface area contributed by atoms with Crippen molar-refractivity contribution in [1.29, 1.82) is 0 Å². The summed E-state index contributed by atoms with van der Waals surface area (Å²) in [5.41, 5.74) is 0. The topological polar surface area (TPSA) is 237 Å². The molecule has 0 bridgehead atoms. The van der Waals surface area contributed by atoms with Crippen molar-refractivity contribution >= 4 is 39.5 Å². The van der Waals surface area contributed by atoms with Crippen LogP contribution in [0.2, 0.25) is 0 Å². The number of aliphatic hydroxyl groups excluding tert-OH is 1. The van der Waals surface area contributed by atoms with Gasteiger partial charge in [0.15, 0.2) is 12.2 Å². The maximum Gasteiger partial charge on any atom is 0.472 e. The van der Waals surface area contributed by atoms with E-state index in [-0.39, 0.29) is 25.7 Å². The maximum atomic E-state index is 13.1. The number of hydrogen-bond acceptors (Lipinski definition) is 15. The molecule has 0 aromatic rings. The average molecular weight is 1550 g/mol. The SMILES string of the molecule is CC/C=C\C/C=C\C/C=C\C/C=C\C/C=C\CCCCCC(=O)OCC(COP(=O)(O)OCC(O)COP(=O)(O)OCC(COC(=O)CCC/C=C\C/C=C\C/C=C\C/C=C\C/C=C\CC)OC(=O)CCCCCCC/C=C\C/C=C\CCC)OC(=O)CCCCCCCC/C=C\C/C=C\C/C=C\CCCCC. The van der Waals surface area contributed by atoms with Crippen molar-refractivity contribution in [3.63, 3.8) is 0 Å². The van der Waals surface area contributed by atoms with Crippen LogP contribution in [0.5, 0.6) is 0 Å². The number of phosphoric acid groups is 2. The van der Waals surface area contributed by atoms with Gasteiger partial charge in [-0.05, 0) is 173 Å². The highest BCUT2D eigenvalue weighted by Crippen LogP contribution is 2.45. The van der Waals surface area contributed by atoms with Crippen LogP contribution in [0.25, 0.3) is 0 Å². The number of aliphatic hydroxyl groups is 1. The number of hydrogen-bond donors (Lipinski definition) is 3. The van der Waals surface area contributed by atoms with Crippen LogP contribution in [-0.4, -0.2) is 96.7 Å². The Morgan fingerprint density at radius 3 is 0.824 bits per heavy atom. The molecule has 0 saturated heterocycles. The molecule has 0 amide bonds. The smallest absolute Gasteiger partial charge is 0.462 e. The van der Waals surface area contributed by atoms with Gasteiger partial charge in [0, 0.05) is 25.7 Å². The molecule has 108 heavy (non-hydrogen) atoms. The number of allylic oxidation sites excluding steroid dienone is 30.